The first kappa shape index (κ1) is 33.7. The van der Waals surface area contributed by atoms with Crippen LogP contribution in [0.4, 0.5) is 17.6 Å². The topological polar surface area (TPSA) is 156 Å². The summed E-state index contributed by atoms with van der Waals surface area (Å²) in [6.45, 7) is 3.45. The molecule has 0 bridgehead atoms. The lowest BCUT2D eigenvalue weighted by molar-refractivity contribution is -0.192. The number of carbonyl (C=O) groups excluding carboxylic acids is 1. The van der Waals surface area contributed by atoms with Crippen molar-refractivity contribution in [3.05, 3.63) is 87.6 Å². The Labute approximate surface area is 277 Å². The Hall–Kier alpha value is -5.19. The van der Waals surface area contributed by atoms with Crippen LogP contribution in [0.3, 0.4) is 0 Å². The molecular weight excluding hydrogens is 678 g/mol. The van der Waals surface area contributed by atoms with Crippen LogP contribution >= 0.6 is 11.6 Å². The van der Waals surface area contributed by atoms with Gasteiger partial charge in [0.05, 0.1) is 58.7 Å². The van der Waals surface area contributed by atoms with Gasteiger partial charge >= 0.3 is 18.1 Å². The molecule has 1 fully saturated rings. The summed E-state index contributed by atoms with van der Waals surface area (Å²) in [6, 6.07) is 9.71. The summed E-state index contributed by atoms with van der Waals surface area (Å²) in [5, 5.41) is 8.20. The molecule has 0 saturated carbocycles. The maximum absolute atomic E-state index is 15.4. The number of rotatable bonds is 7. The Morgan fingerprint density at radius 1 is 1.12 bits per heavy atom. The lowest BCUT2D eigenvalue weighted by Gasteiger charge is -2.26. The highest BCUT2D eigenvalue weighted by Gasteiger charge is 2.38. The van der Waals surface area contributed by atoms with Crippen molar-refractivity contribution in [3.63, 3.8) is 0 Å². The number of aromatic amines is 2. The van der Waals surface area contributed by atoms with Crippen molar-refractivity contribution in [3.8, 4) is 11.1 Å². The van der Waals surface area contributed by atoms with Crippen LogP contribution in [0.5, 0.6) is 0 Å². The lowest BCUT2D eigenvalue weighted by atomic mass is 10.0. The molecule has 7 rings (SSSR count). The highest BCUT2D eigenvalue weighted by Crippen LogP contribution is 2.41. The average Bonchev–Trinajstić information content (AvgIpc) is 3.80. The third-order valence-electron chi connectivity index (χ3n) is 7.90. The number of carbonyl (C=O) groups is 2. The Bertz CT molecular complexity index is 2230. The zero-order valence-electron chi connectivity index (χ0n) is 25.3. The molecule has 17 heteroatoms. The molecular formula is C32H26ClF4N5O7. The Morgan fingerprint density at radius 3 is 2.59 bits per heavy atom. The molecule has 4 aromatic heterocycles. The van der Waals surface area contributed by atoms with Crippen molar-refractivity contribution in [1.82, 2.24) is 24.4 Å². The number of furan rings is 1. The number of halogens is 5. The van der Waals surface area contributed by atoms with Crippen LogP contribution in [0.1, 0.15) is 16.1 Å². The number of pyridine rings is 1. The number of aliphatic carboxylic acids is 1. The predicted octanol–water partition coefficient (Wildman–Crippen LogP) is 5.58. The number of H-pyrrole nitrogens is 2. The van der Waals surface area contributed by atoms with Gasteiger partial charge in [0.1, 0.15) is 23.7 Å². The summed E-state index contributed by atoms with van der Waals surface area (Å²) in [4.78, 5) is 48.2. The highest BCUT2D eigenvalue weighted by atomic mass is 35.5. The van der Waals surface area contributed by atoms with Crippen LogP contribution in [0.25, 0.3) is 44.0 Å². The standard InChI is InChI=1S/C30H25ClFN5O5.C2HF3O2/c31-20-13-23-22(34-16-35-23)12-17(20)15-37-24-14-21(32)18-3-8-41-28(18)26(24)25(19-2-1-4-33-29(19)38)27(37)30(39)42-11-7-36-5-9-40-10-6-36;3-2(4,5)1(6)7/h1-4,8,12-14,16H,5-7,9-11,15H2,(H,33,38)(H,34,35);(H,6,7). The first-order valence-electron chi connectivity index (χ1n) is 14.7. The monoisotopic (exact) mass is 703 g/mol. The molecule has 5 heterocycles. The van der Waals surface area contributed by atoms with E-state index in [0.29, 0.717) is 52.3 Å². The van der Waals surface area contributed by atoms with Crippen molar-refractivity contribution in [1.29, 1.82) is 0 Å². The summed E-state index contributed by atoms with van der Waals surface area (Å²) in [5.74, 6) is -3.94. The number of aromatic nitrogens is 4. The summed E-state index contributed by atoms with van der Waals surface area (Å²) >= 11 is 6.67. The number of nitrogens with one attached hydrogen (secondary N) is 2. The molecule has 1 saturated heterocycles. The zero-order valence-corrected chi connectivity index (χ0v) is 26.0. The number of imidazole rings is 1. The zero-order chi connectivity index (χ0) is 34.9. The van der Waals surface area contributed by atoms with Crippen molar-refractivity contribution in [2.24, 2.45) is 0 Å². The number of hydrogen-bond donors (Lipinski definition) is 3. The van der Waals surface area contributed by atoms with Crippen LogP contribution < -0.4 is 5.56 Å². The number of ether oxygens (including phenoxy) is 2. The first-order chi connectivity index (χ1) is 23.4. The van der Waals surface area contributed by atoms with Gasteiger partial charge in [-0.2, -0.15) is 13.2 Å². The Balaban J connectivity index is 0.000000540. The van der Waals surface area contributed by atoms with Crippen LogP contribution in [-0.2, 0) is 20.8 Å². The molecule has 0 amide bonds. The molecule has 3 N–H and O–H groups in total. The van der Waals surface area contributed by atoms with E-state index < -0.39 is 29.5 Å². The van der Waals surface area contributed by atoms with Crippen LogP contribution in [0, 0.1) is 5.82 Å². The van der Waals surface area contributed by atoms with Crippen molar-refractivity contribution in [2.45, 2.75) is 12.7 Å². The number of hydrogen-bond acceptors (Lipinski definition) is 8. The number of nitrogens with zero attached hydrogens (tertiary/aromatic N) is 3. The van der Waals surface area contributed by atoms with Crippen LogP contribution in [-0.4, -0.2) is 87.1 Å². The molecule has 49 heavy (non-hydrogen) atoms. The van der Waals surface area contributed by atoms with E-state index in [1.165, 1.54) is 24.6 Å². The Kier molecular flexibility index (Phi) is 9.45. The molecule has 6 aromatic rings. The van der Waals surface area contributed by atoms with Gasteiger partial charge in [-0.3, -0.25) is 9.69 Å². The minimum Gasteiger partial charge on any atom is -0.475 e. The van der Waals surface area contributed by atoms with Crippen molar-refractivity contribution in [2.75, 3.05) is 39.5 Å². The molecule has 0 unspecified atom stereocenters. The van der Waals surface area contributed by atoms with Gasteiger partial charge in [0.15, 0.2) is 0 Å². The SMILES string of the molecule is O=C(O)C(F)(F)F.O=C(OCCN1CCOCC1)c1c(-c2ccc[nH]c2=O)c2c3occc3c(F)cc2n1Cc1cc2[nH]cnc2cc1Cl. The molecule has 256 valence electrons. The second-order valence-corrected chi connectivity index (χ2v) is 11.3. The number of esters is 1. The molecule has 1 aliphatic rings. The number of fused-ring (bicyclic) bond motifs is 4. The number of alkyl halides is 3. The summed E-state index contributed by atoms with van der Waals surface area (Å²) in [7, 11) is 0. The second kappa shape index (κ2) is 13.7. The summed E-state index contributed by atoms with van der Waals surface area (Å²) < 4.78 is 65.8. The van der Waals surface area contributed by atoms with Gasteiger partial charge < -0.3 is 33.5 Å². The smallest absolute Gasteiger partial charge is 0.475 e. The maximum Gasteiger partial charge on any atom is 0.490 e. The van der Waals surface area contributed by atoms with Gasteiger partial charge in [0.2, 0.25) is 0 Å². The molecule has 0 spiro atoms. The van der Waals surface area contributed by atoms with E-state index in [1.54, 1.807) is 29.1 Å². The van der Waals surface area contributed by atoms with Gasteiger partial charge in [-0.25, -0.2) is 19.0 Å². The van der Waals surface area contributed by atoms with Gasteiger partial charge in [-0.15, -0.1) is 0 Å². The van der Waals surface area contributed by atoms with E-state index in [4.69, 9.17) is 35.4 Å². The van der Waals surface area contributed by atoms with E-state index in [-0.39, 0.29) is 35.4 Å². The van der Waals surface area contributed by atoms with E-state index in [0.717, 1.165) is 18.6 Å². The number of carboxylic acids is 1. The minimum atomic E-state index is -5.08. The van der Waals surface area contributed by atoms with Crippen LogP contribution in [0.15, 0.2) is 64.4 Å². The molecule has 0 atom stereocenters. The van der Waals surface area contributed by atoms with E-state index in [2.05, 4.69) is 19.9 Å². The average molecular weight is 704 g/mol. The highest BCUT2D eigenvalue weighted by molar-refractivity contribution is 6.32. The number of morpholine rings is 1. The molecule has 0 radical (unpaired) electrons. The maximum atomic E-state index is 15.4. The normalized spacial score (nSPS) is 13.9. The first-order valence-corrected chi connectivity index (χ1v) is 15.1. The Morgan fingerprint density at radius 2 is 1.88 bits per heavy atom. The predicted molar refractivity (Wildman–Crippen MR) is 169 cm³/mol. The fourth-order valence-corrected chi connectivity index (χ4v) is 5.83. The van der Waals surface area contributed by atoms with Gasteiger partial charge in [-0.05, 0) is 42.0 Å². The largest absolute Gasteiger partial charge is 0.490 e. The second-order valence-electron chi connectivity index (χ2n) is 10.9. The molecule has 1 aliphatic heterocycles. The van der Waals surface area contributed by atoms with E-state index in [9.17, 15) is 22.8 Å². The van der Waals surface area contributed by atoms with E-state index >= 15 is 4.39 Å². The summed E-state index contributed by atoms with van der Waals surface area (Å²) in [6.07, 6.45) is -0.629. The molecule has 0 aliphatic carbocycles. The molecule has 12 nitrogen and oxygen atoms in total. The van der Waals surface area contributed by atoms with Crippen LogP contribution in [0.2, 0.25) is 5.02 Å². The number of benzene rings is 2. The quantitative estimate of drug-likeness (QED) is 0.143. The fraction of sp³-hybridized carbons (Fsp3) is 0.250. The van der Waals surface area contributed by atoms with Gasteiger partial charge in [0, 0.05) is 43.0 Å². The summed E-state index contributed by atoms with van der Waals surface area (Å²) in [5.41, 5.74) is 2.86. The van der Waals surface area contributed by atoms with Gasteiger partial charge in [0.25, 0.3) is 5.56 Å². The lowest BCUT2D eigenvalue weighted by Crippen LogP contribution is -2.38. The van der Waals surface area contributed by atoms with Gasteiger partial charge in [-0.1, -0.05) is 11.6 Å². The van der Waals surface area contributed by atoms with Crippen molar-refractivity contribution < 1.29 is 46.1 Å². The number of carboxylic acid groups (broad SMARTS) is 1. The minimum absolute atomic E-state index is 0.0780. The molecule has 2 aromatic carbocycles. The van der Waals surface area contributed by atoms with Crippen molar-refractivity contribution >= 4 is 56.4 Å². The van der Waals surface area contributed by atoms with E-state index in [1.807, 2.05) is 6.07 Å². The fourth-order valence-electron chi connectivity index (χ4n) is 5.62. The third-order valence-corrected chi connectivity index (χ3v) is 8.25. The third kappa shape index (κ3) is 6.88.